The summed E-state index contributed by atoms with van der Waals surface area (Å²) in [5.74, 6) is 0.487. The molecule has 1 aliphatic rings. The largest absolute Gasteiger partial charge is 0.320 e. The predicted molar refractivity (Wildman–Crippen MR) is 80.9 cm³/mol. The molecular formula is C16H29FN2. The van der Waals surface area contributed by atoms with Crippen LogP contribution in [0.5, 0.6) is 0 Å². The van der Waals surface area contributed by atoms with Gasteiger partial charge in [0, 0.05) is 6.04 Å². The van der Waals surface area contributed by atoms with Crippen LogP contribution in [0, 0.1) is 5.92 Å². The third kappa shape index (κ3) is 5.45. The molecule has 1 rings (SSSR count). The van der Waals surface area contributed by atoms with E-state index in [-0.39, 0.29) is 5.83 Å². The minimum Gasteiger partial charge on any atom is -0.320 e. The molecule has 0 aromatic heterocycles. The van der Waals surface area contributed by atoms with Crippen molar-refractivity contribution in [2.24, 2.45) is 5.92 Å². The topological polar surface area (TPSA) is 15.3 Å². The maximum atomic E-state index is 13.5. The molecule has 0 saturated carbocycles. The number of rotatable bonds is 6. The minimum absolute atomic E-state index is 0.0627. The van der Waals surface area contributed by atoms with Crippen molar-refractivity contribution in [3.8, 4) is 0 Å². The van der Waals surface area contributed by atoms with Crippen LogP contribution in [0.1, 0.15) is 39.5 Å². The second-order valence-electron chi connectivity index (χ2n) is 5.69. The molecule has 0 radical (unpaired) electrons. The van der Waals surface area contributed by atoms with E-state index in [1.54, 1.807) is 12.2 Å². The standard InChI is InChI=1S/C16H29FN2/c1-5-14-7-8-15(17)11-13(2)12-16(14)19(4)10-6-9-18-3/h8,11,14,16,18H,5-7,9-10,12H2,1-4H3/b13-11-,15-8-. The molecule has 0 fully saturated rings. The van der Waals surface area contributed by atoms with Crippen molar-refractivity contribution in [1.29, 1.82) is 0 Å². The predicted octanol–water partition coefficient (Wildman–Crippen LogP) is 3.52. The highest BCUT2D eigenvalue weighted by molar-refractivity contribution is 5.19. The average Bonchev–Trinajstić information content (AvgIpc) is 2.36. The van der Waals surface area contributed by atoms with Gasteiger partial charge in [-0.15, -0.1) is 0 Å². The quantitative estimate of drug-likeness (QED) is 0.742. The lowest BCUT2D eigenvalue weighted by Gasteiger charge is -2.35. The lowest BCUT2D eigenvalue weighted by Crippen LogP contribution is -2.39. The molecule has 2 nitrogen and oxygen atoms in total. The molecule has 0 heterocycles. The fourth-order valence-corrected chi connectivity index (χ4v) is 2.90. The van der Waals surface area contributed by atoms with Gasteiger partial charge in [0.1, 0.15) is 5.83 Å². The van der Waals surface area contributed by atoms with Gasteiger partial charge in [-0.25, -0.2) is 4.39 Å². The van der Waals surface area contributed by atoms with Gasteiger partial charge < -0.3 is 10.2 Å². The van der Waals surface area contributed by atoms with E-state index in [9.17, 15) is 4.39 Å². The third-order valence-electron chi connectivity index (χ3n) is 4.10. The number of nitrogens with zero attached hydrogens (tertiary/aromatic N) is 1. The molecule has 1 aliphatic carbocycles. The number of allylic oxidation sites excluding steroid dienone is 3. The van der Waals surface area contributed by atoms with Crippen LogP contribution >= 0.6 is 0 Å². The smallest absolute Gasteiger partial charge is 0.119 e. The van der Waals surface area contributed by atoms with Gasteiger partial charge in [0.15, 0.2) is 0 Å². The van der Waals surface area contributed by atoms with Crippen molar-refractivity contribution in [1.82, 2.24) is 10.2 Å². The van der Waals surface area contributed by atoms with Gasteiger partial charge in [0.05, 0.1) is 0 Å². The van der Waals surface area contributed by atoms with Crippen LogP contribution in [0.15, 0.2) is 23.6 Å². The van der Waals surface area contributed by atoms with E-state index >= 15 is 0 Å². The minimum atomic E-state index is -0.0627. The summed E-state index contributed by atoms with van der Waals surface area (Å²) in [6.45, 7) is 6.41. The van der Waals surface area contributed by atoms with Crippen LogP contribution in [0.3, 0.4) is 0 Å². The number of halogens is 1. The van der Waals surface area contributed by atoms with Crippen LogP contribution in [-0.4, -0.2) is 38.1 Å². The molecule has 1 N–H and O–H groups in total. The van der Waals surface area contributed by atoms with Gasteiger partial charge in [-0.1, -0.05) is 18.9 Å². The summed E-state index contributed by atoms with van der Waals surface area (Å²) in [5.41, 5.74) is 1.15. The average molecular weight is 268 g/mol. The van der Waals surface area contributed by atoms with Gasteiger partial charge >= 0.3 is 0 Å². The Morgan fingerprint density at radius 1 is 1.47 bits per heavy atom. The summed E-state index contributed by atoms with van der Waals surface area (Å²) in [7, 11) is 4.20. The summed E-state index contributed by atoms with van der Waals surface area (Å²) in [6.07, 6.45) is 7.56. The first kappa shape index (κ1) is 16.4. The van der Waals surface area contributed by atoms with Gasteiger partial charge in [-0.2, -0.15) is 0 Å². The first-order valence-electron chi connectivity index (χ1n) is 7.46. The molecule has 0 aliphatic heterocycles. The van der Waals surface area contributed by atoms with Crippen LogP contribution < -0.4 is 5.32 Å². The Hall–Kier alpha value is -0.670. The van der Waals surface area contributed by atoms with Gasteiger partial charge in [0.25, 0.3) is 0 Å². The molecule has 110 valence electrons. The molecule has 0 spiro atoms. The Kier molecular flexibility index (Phi) is 7.32. The monoisotopic (exact) mass is 268 g/mol. The van der Waals surface area contributed by atoms with E-state index in [0.29, 0.717) is 12.0 Å². The zero-order valence-corrected chi connectivity index (χ0v) is 12.9. The Morgan fingerprint density at radius 2 is 2.21 bits per heavy atom. The molecule has 2 atom stereocenters. The normalized spacial score (nSPS) is 30.2. The first-order chi connectivity index (χ1) is 9.08. The molecule has 0 aromatic rings. The zero-order valence-electron chi connectivity index (χ0n) is 12.9. The van der Waals surface area contributed by atoms with Gasteiger partial charge in [-0.05, 0) is 71.4 Å². The van der Waals surface area contributed by atoms with E-state index < -0.39 is 0 Å². The molecule has 3 heteroatoms. The van der Waals surface area contributed by atoms with Crippen LogP contribution in [0.4, 0.5) is 4.39 Å². The summed E-state index contributed by atoms with van der Waals surface area (Å²) in [4.78, 5) is 2.46. The fraction of sp³-hybridized carbons (Fsp3) is 0.750. The van der Waals surface area contributed by atoms with Gasteiger partial charge in [0.2, 0.25) is 0 Å². The first-order valence-corrected chi connectivity index (χ1v) is 7.46. The fourth-order valence-electron chi connectivity index (χ4n) is 2.90. The van der Waals surface area contributed by atoms with Crippen molar-refractivity contribution < 1.29 is 4.39 Å². The Morgan fingerprint density at radius 3 is 2.84 bits per heavy atom. The van der Waals surface area contributed by atoms with E-state index in [1.165, 1.54) is 0 Å². The molecular weight excluding hydrogens is 239 g/mol. The second-order valence-corrected chi connectivity index (χ2v) is 5.69. The van der Waals surface area contributed by atoms with E-state index in [4.69, 9.17) is 0 Å². The van der Waals surface area contributed by atoms with E-state index in [1.807, 2.05) is 14.0 Å². The van der Waals surface area contributed by atoms with Crippen LogP contribution in [0.25, 0.3) is 0 Å². The van der Waals surface area contributed by atoms with Crippen LogP contribution in [0.2, 0.25) is 0 Å². The molecule has 0 aromatic carbocycles. The Labute approximate surface area is 117 Å². The van der Waals surface area contributed by atoms with Crippen molar-refractivity contribution in [3.05, 3.63) is 23.6 Å². The lowest BCUT2D eigenvalue weighted by atomic mass is 9.86. The van der Waals surface area contributed by atoms with Crippen LogP contribution in [-0.2, 0) is 0 Å². The number of nitrogens with one attached hydrogen (secondary N) is 1. The zero-order chi connectivity index (χ0) is 14.3. The number of hydrogen-bond acceptors (Lipinski definition) is 2. The molecule has 0 bridgehead atoms. The molecule has 0 amide bonds. The maximum absolute atomic E-state index is 13.5. The molecule has 2 unspecified atom stereocenters. The molecule has 19 heavy (non-hydrogen) atoms. The molecule has 0 saturated heterocycles. The summed E-state index contributed by atoms with van der Waals surface area (Å²) in [5, 5.41) is 3.19. The van der Waals surface area contributed by atoms with Gasteiger partial charge in [-0.3, -0.25) is 0 Å². The highest BCUT2D eigenvalue weighted by Gasteiger charge is 2.24. The summed E-state index contributed by atoms with van der Waals surface area (Å²) < 4.78 is 13.5. The van der Waals surface area contributed by atoms with Crippen molar-refractivity contribution in [3.63, 3.8) is 0 Å². The lowest BCUT2D eigenvalue weighted by molar-refractivity contribution is 0.166. The highest BCUT2D eigenvalue weighted by atomic mass is 19.1. The van der Waals surface area contributed by atoms with Crippen molar-refractivity contribution in [2.45, 2.75) is 45.6 Å². The van der Waals surface area contributed by atoms with E-state index in [2.05, 4.69) is 24.2 Å². The summed E-state index contributed by atoms with van der Waals surface area (Å²) >= 11 is 0. The Bertz CT molecular complexity index is 323. The van der Waals surface area contributed by atoms with Crippen molar-refractivity contribution in [2.75, 3.05) is 27.2 Å². The highest BCUT2D eigenvalue weighted by Crippen LogP contribution is 2.28. The maximum Gasteiger partial charge on any atom is 0.119 e. The van der Waals surface area contributed by atoms with Crippen molar-refractivity contribution >= 4 is 0 Å². The number of hydrogen-bond donors (Lipinski definition) is 1. The Balaban J connectivity index is 2.69. The SMILES string of the molecule is CCC1C/C=C(F)/C=C(/C)CC1N(C)CCCNC. The third-order valence-corrected chi connectivity index (χ3v) is 4.10. The summed E-state index contributed by atoms with van der Waals surface area (Å²) in [6, 6.07) is 0.530. The second kappa shape index (κ2) is 8.49. The van der Waals surface area contributed by atoms with E-state index in [0.717, 1.165) is 44.3 Å².